The molecule has 0 radical (unpaired) electrons. The Bertz CT molecular complexity index is 581. The molecule has 0 saturated heterocycles. The molecule has 0 saturated carbocycles. The summed E-state index contributed by atoms with van der Waals surface area (Å²) in [7, 11) is 1.64. The van der Waals surface area contributed by atoms with Gasteiger partial charge in [0.2, 0.25) is 0 Å². The molecule has 2 aromatic rings. The van der Waals surface area contributed by atoms with Crippen LogP contribution in [0.15, 0.2) is 39.4 Å². The van der Waals surface area contributed by atoms with Crippen molar-refractivity contribution in [3.8, 4) is 11.5 Å². The van der Waals surface area contributed by atoms with Crippen molar-refractivity contribution < 1.29 is 13.9 Å². The van der Waals surface area contributed by atoms with E-state index in [2.05, 4.69) is 35.1 Å². The highest BCUT2D eigenvalue weighted by Gasteiger charge is 2.06. The van der Waals surface area contributed by atoms with Crippen LogP contribution in [0, 0.1) is 0 Å². The molecule has 1 heterocycles. The Balaban J connectivity index is 1.91. The minimum absolute atomic E-state index is 0.395. The first-order valence-corrected chi connectivity index (χ1v) is 7.64. The topological polar surface area (TPSA) is 43.6 Å². The Labute approximate surface area is 133 Å². The molecule has 2 rings (SSSR count). The Hall–Kier alpha value is -1.46. The predicted molar refractivity (Wildman–Crippen MR) is 85.7 cm³/mol. The van der Waals surface area contributed by atoms with Crippen molar-refractivity contribution in [1.82, 2.24) is 5.32 Å². The fourth-order valence-electron chi connectivity index (χ4n) is 1.79. The lowest BCUT2D eigenvalue weighted by atomic mass is 10.3. The van der Waals surface area contributed by atoms with E-state index in [1.807, 2.05) is 24.3 Å². The molecule has 0 spiro atoms. The average Bonchev–Trinajstić information content (AvgIpc) is 2.91. The van der Waals surface area contributed by atoms with Crippen LogP contribution < -0.4 is 14.8 Å². The highest BCUT2D eigenvalue weighted by Crippen LogP contribution is 2.29. The van der Waals surface area contributed by atoms with Gasteiger partial charge in [0.15, 0.2) is 0 Å². The van der Waals surface area contributed by atoms with Gasteiger partial charge in [0.1, 0.15) is 23.9 Å². The molecule has 0 fully saturated rings. The molecule has 0 aliphatic carbocycles. The first kappa shape index (κ1) is 15.9. The highest BCUT2D eigenvalue weighted by atomic mass is 79.9. The Kier molecular flexibility index (Phi) is 5.70. The zero-order valence-corrected chi connectivity index (χ0v) is 14.1. The molecule has 0 bridgehead atoms. The maximum Gasteiger partial charge on any atom is 0.146 e. The van der Waals surface area contributed by atoms with E-state index in [1.54, 1.807) is 13.4 Å². The van der Waals surface area contributed by atoms with Gasteiger partial charge in [-0.3, -0.25) is 0 Å². The molecular formula is C16H20BrNO3. The Morgan fingerprint density at radius 1 is 1.29 bits per heavy atom. The molecule has 4 nitrogen and oxygen atoms in total. The van der Waals surface area contributed by atoms with Crippen molar-refractivity contribution in [2.75, 3.05) is 7.11 Å². The number of benzene rings is 1. The smallest absolute Gasteiger partial charge is 0.146 e. The lowest BCUT2D eigenvalue weighted by Gasteiger charge is -2.08. The van der Waals surface area contributed by atoms with Crippen LogP contribution in [-0.4, -0.2) is 13.2 Å². The van der Waals surface area contributed by atoms with E-state index in [0.29, 0.717) is 12.6 Å². The van der Waals surface area contributed by atoms with Crippen LogP contribution >= 0.6 is 15.9 Å². The minimum atomic E-state index is 0.395. The van der Waals surface area contributed by atoms with Gasteiger partial charge in [-0.05, 0) is 40.2 Å². The summed E-state index contributed by atoms with van der Waals surface area (Å²) in [6.45, 7) is 5.43. The summed E-state index contributed by atoms with van der Waals surface area (Å²) >= 11 is 3.46. The monoisotopic (exact) mass is 353 g/mol. The largest absolute Gasteiger partial charge is 0.497 e. The van der Waals surface area contributed by atoms with Crippen LogP contribution in [-0.2, 0) is 13.2 Å². The number of ether oxygens (including phenoxy) is 2. The summed E-state index contributed by atoms with van der Waals surface area (Å²) in [4.78, 5) is 0. The maximum absolute atomic E-state index is 5.74. The normalized spacial score (nSPS) is 10.9. The number of nitrogens with one attached hydrogen (secondary N) is 1. The second-order valence-electron chi connectivity index (χ2n) is 5.04. The third-order valence-electron chi connectivity index (χ3n) is 2.93. The Morgan fingerprint density at radius 3 is 2.76 bits per heavy atom. The molecule has 0 aliphatic rings. The van der Waals surface area contributed by atoms with Crippen LogP contribution in [0.3, 0.4) is 0 Å². The number of rotatable bonds is 7. The van der Waals surface area contributed by atoms with Gasteiger partial charge in [-0.25, -0.2) is 0 Å². The third-order valence-corrected chi connectivity index (χ3v) is 3.55. The Morgan fingerprint density at radius 2 is 2.10 bits per heavy atom. The first-order valence-electron chi connectivity index (χ1n) is 6.84. The number of hydrogen-bond acceptors (Lipinski definition) is 4. The van der Waals surface area contributed by atoms with Gasteiger partial charge in [0, 0.05) is 18.2 Å². The van der Waals surface area contributed by atoms with Gasteiger partial charge in [-0.2, -0.15) is 0 Å². The van der Waals surface area contributed by atoms with E-state index in [4.69, 9.17) is 13.9 Å². The minimum Gasteiger partial charge on any atom is -0.497 e. The van der Waals surface area contributed by atoms with Gasteiger partial charge in [-0.15, -0.1) is 0 Å². The molecule has 0 aliphatic heterocycles. The standard InChI is InChI=1S/C16H20BrNO3/c1-11(2)18-8-12-6-14(20-9-12)10-21-16-5-4-13(19-3)7-15(16)17/h4-7,9,11,18H,8,10H2,1-3H3. The molecule has 1 aromatic carbocycles. The fraction of sp³-hybridized carbons (Fsp3) is 0.375. The summed E-state index contributed by atoms with van der Waals surface area (Å²) in [6, 6.07) is 8.06. The first-order chi connectivity index (χ1) is 10.1. The zero-order valence-electron chi connectivity index (χ0n) is 12.5. The lowest BCUT2D eigenvalue weighted by Crippen LogP contribution is -2.21. The zero-order chi connectivity index (χ0) is 15.2. The number of halogens is 1. The van der Waals surface area contributed by atoms with E-state index in [9.17, 15) is 0 Å². The van der Waals surface area contributed by atoms with Crippen molar-refractivity contribution in [3.05, 3.63) is 46.3 Å². The number of furan rings is 1. The molecule has 21 heavy (non-hydrogen) atoms. The fourth-order valence-corrected chi connectivity index (χ4v) is 2.26. The van der Waals surface area contributed by atoms with Crippen molar-refractivity contribution in [2.45, 2.75) is 33.0 Å². The van der Waals surface area contributed by atoms with Crippen molar-refractivity contribution in [1.29, 1.82) is 0 Å². The molecule has 114 valence electrons. The average molecular weight is 354 g/mol. The van der Waals surface area contributed by atoms with E-state index < -0.39 is 0 Å². The predicted octanol–water partition coefficient (Wildman–Crippen LogP) is 4.13. The molecule has 0 amide bonds. The molecule has 5 heteroatoms. The van der Waals surface area contributed by atoms with Gasteiger partial charge in [-0.1, -0.05) is 13.8 Å². The summed E-state index contributed by atoms with van der Waals surface area (Å²) in [6.07, 6.45) is 1.76. The van der Waals surface area contributed by atoms with Crippen LogP contribution in [0.4, 0.5) is 0 Å². The van der Waals surface area contributed by atoms with Gasteiger partial charge in [0.05, 0.1) is 17.8 Å². The third kappa shape index (κ3) is 4.79. The van der Waals surface area contributed by atoms with E-state index in [1.165, 1.54) is 0 Å². The number of hydrogen-bond donors (Lipinski definition) is 1. The van der Waals surface area contributed by atoms with Gasteiger partial charge >= 0.3 is 0 Å². The van der Waals surface area contributed by atoms with Crippen molar-refractivity contribution >= 4 is 15.9 Å². The van der Waals surface area contributed by atoms with Crippen molar-refractivity contribution in [3.63, 3.8) is 0 Å². The molecule has 1 N–H and O–H groups in total. The summed E-state index contributed by atoms with van der Waals surface area (Å²) in [5.74, 6) is 2.35. The quantitative estimate of drug-likeness (QED) is 0.812. The summed E-state index contributed by atoms with van der Waals surface area (Å²) in [5.41, 5.74) is 1.12. The molecule has 0 unspecified atom stereocenters. The van der Waals surface area contributed by atoms with E-state index in [0.717, 1.165) is 33.8 Å². The highest BCUT2D eigenvalue weighted by molar-refractivity contribution is 9.10. The van der Waals surface area contributed by atoms with Gasteiger partial charge in [0.25, 0.3) is 0 Å². The second kappa shape index (κ2) is 7.52. The van der Waals surface area contributed by atoms with Crippen LogP contribution in [0.5, 0.6) is 11.5 Å². The van der Waals surface area contributed by atoms with Crippen molar-refractivity contribution in [2.24, 2.45) is 0 Å². The van der Waals surface area contributed by atoms with E-state index in [-0.39, 0.29) is 0 Å². The summed E-state index contributed by atoms with van der Waals surface area (Å²) < 4.78 is 17.3. The maximum atomic E-state index is 5.74. The number of methoxy groups -OCH3 is 1. The lowest BCUT2D eigenvalue weighted by molar-refractivity contribution is 0.268. The van der Waals surface area contributed by atoms with Crippen LogP contribution in [0.1, 0.15) is 25.2 Å². The molecular weight excluding hydrogens is 334 g/mol. The van der Waals surface area contributed by atoms with E-state index >= 15 is 0 Å². The molecule has 0 atom stereocenters. The SMILES string of the molecule is COc1ccc(OCc2cc(CNC(C)C)co2)c(Br)c1. The summed E-state index contributed by atoms with van der Waals surface area (Å²) in [5, 5.41) is 3.35. The van der Waals surface area contributed by atoms with Crippen LogP contribution in [0.2, 0.25) is 0 Å². The second-order valence-corrected chi connectivity index (χ2v) is 5.90. The molecule has 1 aromatic heterocycles. The van der Waals surface area contributed by atoms with Gasteiger partial charge < -0.3 is 19.2 Å². The van der Waals surface area contributed by atoms with Crippen LogP contribution in [0.25, 0.3) is 0 Å².